The molecule has 0 spiro atoms. The van der Waals surface area contributed by atoms with Crippen molar-refractivity contribution < 1.29 is 9.34 Å². The highest BCUT2D eigenvalue weighted by Gasteiger charge is 2.19. The van der Waals surface area contributed by atoms with Gasteiger partial charge in [-0.1, -0.05) is 5.10 Å². The lowest BCUT2D eigenvalue weighted by atomic mass is 10.6. The highest BCUT2D eigenvalue weighted by Crippen LogP contribution is 2.12. The van der Waals surface area contributed by atoms with Crippen LogP contribution in [0.1, 0.15) is 0 Å². The van der Waals surface area contributed by atoms with E-state index < -0.39 is 10.9 Å². The zero-order valence-corrected chi connectivity index (χ0v) is 6.04. The fourth-order valence-corrected chi connectivity index (χ4v) is 0.701. The molecule has 2 rings (SSSR count). The highest BCUT2D eigenvalue weighted by molar-refractivity contribution is 5.39. The van der Waals surface area contributed by atoms with Gasteiger partial charge in [0, 0.05) is 0 Å². The molecule has 0 bridgehead atoms. The summed E-state index contributed by atoms with van der Waals surface area (Å²) in [5.74, 6) is -0.429. The summed E-state index contributed by atoms with van der Waals surface area (Å²) in [5, 5.41) is 22.6. The molecule has 0 aliphatic carbocycles. The second-order valence-electron chi connectivity index (χ2n) is 1.98. The molecule has 1 N–H and O–H groups in total. The molecule has 2 aromatic rings. The maximum atomic E-state index is 10.2. The Bertz CT molecular complexity index is 419. The predicted octanol–water partition coefficient (Wildman–Crippen LogP) is -0.237. The van der Waals surface area contributed by atoms with E-state index in [4.69, 9.17) is 4.42 Å². The van der Waals surface area contributed by atoms with Gasteiger partial charge in [-0.25, -0.2) is 0 Å². The lowest BCUT2D eigenvalue weighted by molar-refractivity contribution is -0.394. The largest absolute Gasteiger partial charge is 0.454 e. The van der Waals surface area contributed by atoms with Crippen LogP contribution in [0, 0.1) is 10.1 Å². The molecule has 0 aliphatic heterocycles. The number of H-pyrrole nitrogens is 1. The fourth-order valence-electron chi connectivity index (χ4n) is 0.701. The molecule has 0 amide bonds. The summed E-state index contributed by atoms with van der Waals surface area (Å²) in [6.07, 6.45) is 1.08. The number of nitro groups is 1. The van der Waals surface area contributed by atoms with E-state index in [1.165, 1.54) is 0 Å². The minimum Gasteiger partial charge on any atom is -0.420 e. The van der Waals surface area contributed by atoms with Crippen LogP contribution in [0.15, 0.2) is 10.8 Å². The number of hydrogen-bond donors (Lipinski definition) is 1. The Morgan fingerprint density at radius 2 is 2.46 bits per heavy atom. The van der Waals surface area contributed by atoms with E-state index in [0.717, 1.165) is 6.39 Å². The summed E-state index contributed by atoms with van der Waals surface area (Å²) in [7, 11) is 0. The van der Waals surface area contributed by atoms with Crippen molar-refractivity contribution in [3.63, 3.8) is 0 Å². The summed E-state index contributed by atoms with van der Waals surface area (Å²) < 4.78 is 4.72. The van der Waals surface area contributed by atoms with Gasteiger partial charge in [-0.3, -0.25) is 0 Å². The first-order valence-corrected chi connectivity index (χ1v) is 3.10. The van der Waals surface area contributed by atoms with Crippen LogP contribution in [-0.2, 0) is 0 Å². The fraction of sp³-hybridized carbons (Fsp3) is 0. The summed E-state index contributed by atoms with van der Waals surface area (Å²) in [6, 6.07) is 0. The third-order valence-corrected chi connectivity index (χ3v) is 1.20. The molecule has 2 heterocycles. The van der Waals surface area contributed by atoms with Crippen LogP contribution in [0.2, 0.25) is 0 Å². The van der Waals surface area contributed by atoms with Crippen molar-refractivity contribution in [2.75, 3.05) is 0 Å². The third-order valence-electron chi connectivity index (χ3n) is 1.20. The zero-order valence-electron chi connectivity index (χ0n) is 6.04. The number of rotatable bonds is 2. The Morgan fingerprint density at radius 1 is 1.62 bits per heavy atom. The lowest BCUT2D eigenvalue weighted by Crippen LogP contribution is -1.89. The number of aromatic nitrogens is 5. The SMILES string of the molecule is O=[N+]([O-])c1nc(-c2nnco2)n[nH]1. The molecule has 13 heavy (non-hydrogen) atoms. The molecule has 0 saturated carbocycles. The van der Waals surface area contributed by atoms with E-state index in [1.54, 1.807) is 0 Å². The second kappa shape index (κ2) is 2.62. The van der Waals surface area contributed by atoms with E-state index in [2.05, 4.69) is 25.4 Å². The molecule has 0 fully saturated rings. The summed E-state index contributed by atoms with van der Waals surface area (Å²) in [5.41, 5.74) is 0. The zero-order chi connectivity index (χ0) is 9.26. The molecular weight excluding hydrogens is 180 g/mol. The van der Waals surface area contributed by atoms with Gasteiger partial charge in [0.1, 0.15) is 0 Å². The topological polar surface area (TPSA) is 124 Å². The van der Waals surface area contributed by atoms with Crippen molar-refractivity contribution in [2.45, 2.75) is 0 Å². The summed E-state index contributed by atoms with van der Waals surface area (Å²) in [6.45, 7) is 0. The average molecular weight is 182 g/mol. The van der Waals surface area contributed by atoms with E-state index in [0.29, 0.717) is 0 Å². The molecule has 2 aromatic heterocycles. The standard InChI is InChI=1S/C4H2N6O3/c11-10(12)4-6-2(7-9-4)3-8-5-1-13-3/h1H,(H,6,7,9). The summed E-state index contributed by atoms with van der Waals surface area (Å²) in [4.78, 5) is 13.0. The molecule has 9 nitrogen and oxygen atoms in total. The number of hydrogen-bond acceptors (Lipinski definition) is 7. The van der Waals surface area contributed by atoms with Gasteiger partial charge >= 0.3 is 17.7 Å². The lowest BCUT2D eigenvalue weighted by Gasteiger charge is -1.83. The Balaban J connectivity index is 2.39. The maximum absolute atomic E-state index is 10.2. The molecule has 0 saturated heterocycles. The molecule has 9 heteroatoms. The average Bonchev–Trinajstić information content (AvgIpc) is 2.75. The first kappa shape index (κ1) is 7.34. The molecule has 0 atom stereocenters. The second-order valence-corrected chi connectivity index (χ2v) is 1.98. The maximum Gasteiger partial charge on any atom is 0.454 e. The van der Waals surface area contributed by atoms with Gasteiger partial charge in [-0.15, -0.1) is 15.3 Å². The Kier molecular flexibility index (Phi) is 1.48. The Hall–Kier alpha value is -2.32. The smallest absolute Gasteiger partial charge is 0.420 e. The molecule has 0 aromatic carbocycles. The van der Waals surface area contributed by atoms with Crippen LogP contribution in [-0.4, -0.2) is 30.3 Å². The first-order chi connectivity index (χ1) is 6.27. The molecule has 0 aliphatic rings. The van der Waals surface area contributed by atoms with Crippen molar-refractivity contribution in [2.24, 2.45) is 0 Å². The minimum atomic E-state index is -0.702. The van der Waals surface area contributed by atoms with Gasteiger partial charge in [0.2, 0.25) is 6.39 Å². The van der Waals surface area contributed by atoms with Gasteiger partial charge in [-0.05, 0) is 9.91 Å². The van der Waals surface area contributed by atoms with E-state index in [9.17, 15) is 10.1 Å². The van der Waals surface area contributed by atoms with Gasteiger partial charge in [0.15, 0.2) is 0 Å². The van der Waals surface area contributed by atoms with Crippen molar-refractivity contribution in [3.8, 4) is 11.7 Å². The van der Waals surface area contributed by atoms with Crippen LogP contribution in [0.3, 0.4) is 0 Å². The number of nitrogens with one attached hydrogen (secondary N) is 1. The number of aromatic amines is 1. The van der Waals surface area contributed by atoms with E-state index in [-0.39, 0.29) is 11.7 Å². The van der Waals surface area contributed by atoms with E-state index in [1.807, 2.05) is 0 Å². The van der Waals surface area contributed by atoms with Crippen molar-refractivity contribution in [1.82, 2.24) is 25.4 Å². The normalized spacial score (nSPS) is 10.2. The monoisotopic (exact) mass is 182 g/mol. The third kappa shape index (κ3) is 1.21. The minimum absolute atomic E-state index is 0.00389. The van der Waals surface area contributed by atoms with Crippen LogP contribution < -0.4 is 0 Å². The molecular formula is C4H2N6O3. The molecule has 66 valence electrons. The molecule has 0 unspecified atom stereocenters. The van der Waals surface area contributed by atoms with Crippen LogP contribution in [0.4, 0.5) is 5.95 Å². The summed E-state index contributed by atoms with van der Waals surface area (Å²) >= 11 is 0. The van der Waals surface area contributed by atoms with Crippen molar-refractivity contribution in [3.05, 3.63) is 16.5 Å². The Morgan fingerprint density at radius 3 is 3.00 bits per heavy atom. The first-order valence-electron chi connectivity index (χ1n) is 3.10. The number of nitrogens with zero attached hydrogens (tertiary/aromatic N) is 5. The Labute approximate surface area is 70.0 Å². The van der Waals surface area contributed by atoms with Crippen molar-refractivity contribution in [1.29, 1.82) is 0 Å². The van der Waals surface area contributed by atoms with Gasteiger partial charge in [0.05, 0.1) is 0 Å². The van der Waals surface area contributed by atoms with Gasteiger partial charge in [0.25, 0.3) is 0 Å². The highest BCUT2D eigenvalue weighted by atomic mass is 16.6. The van der Waals surface area contributed by atoms with Crippen LogP contribution >= 0.6 is 0 Å². The van der Waals surface area contributed by atoms with E-state index >= 15 is 0 Å². The van der Waals surface area contributed by atoms with Crippen LogP contribution in [0.5, 0.6) is 0 Å². The predicted molar refractivity (Wildman–Crippen MR) is 36.3 cm³/mol. The van der Waals surface area contributed by atoms with Crippen LogP contribution in [0.25, 0.3) is 11.7 Å². The molecule has 0 radical (unpaired) electrons. The van der Waals surface area contributed by atoms with Gasteiger partial charge in [-0.2, -0.15) is 0 Å². The van der Waals surface area contributed by atoms with Crippen molar-refractivity contribution >= 4 is 5.95 Å². The quantitative estimate of drug-likeness (QED) is 0.502. The van der Waals surface area contributed by atoms with Gasteiger partial charge < -0.3 is 14.5 Å².